The molecule has 3 N–H and O–H groups in total. The lowest BCUT2D eigenvalue weighted by Gasteiger charge is -2.19. The Labute approximate surface area is 110 Å². The molecule has 0 saturated carbocycles. The maximum absolute atomic E-state index is 10.6. The van der Waals surface area contributed by atoms with E-state index in [1.165, 1.54) is 0 Å². The zero-order valence-electron chi connectivity index (χ0n) is 8.48. The molecule has 0 saturated heterocycles. The van der Waals surface area contributed by atoms with Crippen LogP contribution in [0.25, 0.3) is 0 Å². The normalized spacial score (nSPS) is 14.2. The van der Waals surface area contributed by atoms with Crippen molar-refractivity contribution in [1.29, 1.82) is 0 Å². The number of nitrogens with two attached hydrogens (primary N) is 1. The van der Waals surface area contributed by atoms with E-state index >= 15 is 0 Å². The number of ether oxygens (including phenoxy) is 1. The summed E-state index contributed by atoms with van der Waals surface area (Å²) in [5.74, 6) is 0. The first-order valence-electron chi connectivity index (χ1n) is 4.51. The zero-order valence-corrected chi connectivity index (χ0v) is 11.7. The maximum atomic E-state index is 10.6. The van der Waals surface area contributed by atoms with Gasteiger partial charge in [0.05, 0.1) is 0 Å². The second kappa shape index (κ2) is 5.65. The molecule has 1 aromatic carbocycles. The third-order valence-electron chi connectivity index (χ3n) is 2.02. The number of primary amides is 1. The highest BCUT2D eigenvalue weighted by Crippen LogP contribution is 2.29. The number of hydrogen-bond acceptors (Lipinski definition) is 3. The second-order valence-electron chi connectivity index (χ2n) is 3.25. The number of aliphatic hydroxyl groups is 1. The summed E-state index contributed by atoms with van der Waals surface area (Å²) < 4.78 is 6.28. The summed E-state index contributed by atoms with van der Waals surface area (Å²) in [6.07, 6.45) is -2.54. The lowest BCUT2D eigenvalue weighted by molar-refractivity contribution is 0.0154. The Kier molecular flexibility index (Phi) is 4.76. The van der Waals surface area contributed by atoms with Crippen LogP contribution in [-0.4, -0.2) is 17.3 Å². The topological polar surface area (TPSA) is 72.5 Å². The molecule has 0 unspecified atom stereocenters. The quantitative estimate of drug-likeness (QED) is 0.878. The van der Waals surface area contributed by atoms with Gasteiger partial charge in [0, 0.05) is 8.95 Å². The van der Waals surface area contributed by atoms with E-state index in [0.29, 0.717) is 5.56 Å². The van der Waals surface area contributed by atoms with E-state index in [-0.39, 0.29) is 0 Å². The summed E-state index contributed by atoms with van der Waals surface area (Å²) >= 11 is 6.61. The van der Waals surface area contributed by atoms with Crippen molar-refractivity contribution >= 4 is 38.0 Å². The van der Waals surface area contributed by atoms with Gasteiger partial charge in [-0.3, -0.25) is 0 Å². The predicted molar refractivity (Wildman–Crippen MR) is 66.9 cm³/mol. The van der Waals surface area contributed by atoms with Crippen molar-refractivity contribution in [2.75, 3.05) is 0 Å². The van der Waals surface area contributed by atoms with Crippen LogP contribution >= 0.6 is 31.9 Å². The highest BCUT2D eigenvalue weighted by molar-refractivity contribution is 9.11. The molecule has 0 aliphatic carbocycles. The fourth-order valence-corrected chi connectivity index (χ4v) is 2.10. The molecule has 1 amide bonds. The molecule has 0 fully saturated rings. The average molecular weight is 353 g/mol. The van der Waals surface area contributed by atoms with Crippen molar-refractivity contribution in [3.63, 3.8) is 0 Å². The van der Waals surface area contributed by atoms with Crippen molar-refractivity contribution in [1.82, 2.24) is 0 Å². The Bertz CT molecular complexity index is 398. The molecule has 0 heterocycles. The summed E-state index contributed by atoms with van der Waals surface area (Å²) in [6, 6.07) is 5.37. The number of carbonyl (C=O) groups excluding carboxylic acids is 1. The Balaban J connectivity index is 2.90. The monoisotopic (exact) mass is 351 g/mol. The molecule has 0 bridgehead atoms. The summed E-state index contributed by atoms with van der Waals surface area (Å²) in [5, 5.41) is 9.96. The third kappa shape index (κ3) is 3.47. The van der Waals surface area contributed by atoms with Gasteiger partial charge in [0.2, 0.25) is 0 Å². The summed E-state index contributed by atoms with van der Waals surface area (Å²) in [7, 11) is 0. The van der Waals surface area contributed by atoms with Crippen LogP contribution in [0.15, 0.2) is 27.1 Å². The van der Waals surface area contributed by atoms with Crippen LogP contribution in [0.1, 0.15) is 18.6 Å². The SMILES string of the molecule is C[C@H](OC(N)=O)[C@@H](O)c1cc(Br)ccc1Br. The molecule has 88 valence electrons. The van der Waals surface area contributed by atoms with E-state index in [0.717, 1.165) is 8.95 Å². The van der Waals surface area contributed by atoms with E-state index in [1.807, 2.05) is 6.07 Å². The number of rotatable bonds is 3. The fraction of sp³-hybridized carbons (Fsp3) is 0.300. The minimum atomic E-state index is -0.931. The van der Waals surface area contributed by atoms with Gasteiger partial charge in [0.1, 0.15) is 12.2 Å². The van der Waals surface area contributed by atoms with E-state index in [9.17, 15) is 9.90 Å². The molecule has 0 spiro atoms. The first kappa shape index (κ1) is 13.5. The number of aliphatic hydroxyl groups excluding tert-OH is 1. The average Bonchev–Trinajstić information content (AvgIpc) is 2.19. The summed E-state index contributed by atoms with van der Waals surface area (Å²) in [4.78, 5) is 10.6. The second-order valence-corrected chi connectivity index (χ2v) is 5.02. The molecule has 0 radical (unpaired) electrons. The van der Waals surface area contributed by atoms with E-state index in [2.05, 4.69) is 31.9 Å². The number of halogens is 2. The van der Waals surface area contributed by atoms with Gasteiger partial charge in [-0.15, -0.1) is 0 Å². The molecule has 2 atom stereocenters. The van der Waals surface area contributed by atoms with Crippen molar-refractivity contribution < 1.29 is 14.6 Å². The van der Waals surface area contributed by atoms with Gasteiger partial charge < -0.3 is 15.6 Å². The molecular formula is C10H11Br2NO3. The van der Waals surface area contributed by atoms with E-state index in [4.69, 9.17) is 10.5 Å². The number of hydrogen-bond donors (Lipinski definition) is 2. The first-order valence-corrected chi connectivity index (χ1v) is 6.09. The van der Waals surface area contributed by atoms with Crippen molar-refractivity contribution in [2.24, 2.45) is 5.73 Å². The van der Waals surface area contributed by atoms with E-state index in [1.54, 1.807) is 19.1 Å². The van der Waals surface area contributed by atoms with Crippen molar-refractivity contribution in [3.8, 4) is 0 Å². The summed E-state index contributed by atoms with van der Waals surface area (Å²) in [5.41, 5.74) is 5.51. The molecular weight excluding hydrogens is 342 g/mol. The molecule has 1 rings (SSSR count). The number of benzene rings is 1. The van der Waals surface area contributed by atoms with Crippen LogP contribution in [0.4, 0.5) is 4.79 Å². The lowest BCUT2D eigenvalue weighted by Crippen LogP contribution is -2.26. The number of amides is 1. The molecule has 16 heavy (non-hydrogen) atoms. The van der Waals surface area contributed by atoms with Gasteiger partial charge in [-0.25, -0.2) is 4.79 Å². The lowest BCUT2D eigenvalue weighted by atomic mass is 10.1. The minimum Gasteiger partial charge on any atom is -0.444 e. The van der Waals surface area contributed by atoms with Gasteiger partial charge in [-0.1, -0.05) is 31.9 Å². The van der Waals surface area contributed by atoms with Crippen LogP contribution in [-0.2, 0) is 4.74 Å². The summed E-state index contributed by atoms with van der Waals surface area (Å²) in [6.45, 7) is 1.57. The molecule has 0 aliphatic heterocycles. The van der Waals surface area contributed by atoms with Gasteiger partial charge >= 0.3 is 6.09 Å². The Morgan fingerprint density at radius 1 is 1.50 bits per heavy atom. The minimum absolute atomic E-state index is 0.628. The van der Waals surface area contributed by atoms with Crippen molar-refractivity contribution in [3.05, 3.63) is 32.7 Å². The van der Waals surface area contributed by atoms with Gasteiger partial charge in [-0.2, -0.15) is 0 Å². The third-order valence-corrected chi connectivity index (χ3v) is 3.24. The standard InChI is InChI=1S/C10H11Br2NO3/c1-5(16-10(13)15)9(14)7-4-6(11)2-3-8(7)12/h2-5,9,14H,1H3,(H2,13,15)/t5-,9+/m0/s1. The van der Waals surface area contributed by atoms with Gasteiger partial charge in [-0.05, 0) is 30.7 Å². The van der Waals surface area contributed by atoms with Crippen LogP contribution in [0.5, 0.6) is 0 Å². The smallest absolute Gasteiger partial charge is 0.404 e. The molecule has 1 aromatic rings. The van der Waals surface area contributed by atoms with E-state index < -0.39 is 18.3 Å². The first-order chi connectivity index (χ1) is 7.41. The predicted octanol–water partition coefficient (Wildman–Crippen LogP) is 2.73. The largest absolute Gasteiger partial charge is 0.444 e. The maximum Gasteiger partial charge on any atom is 0.404 e. The van der Waals surface area contributed by atoms with Crippen LogP contribution in [0, 0.1) is 0 Å². The highest BCUT2D eigenvalue weighted by Gasteiger charge is 2.21. The zero-order chi connectivity index (χ0) is 12.3. The molecule has 0 aliphatic rings. The number of carbonyl (C=O) groups is 1. The molecule has 0 aromatic heterocycles. The van der Waals surface area contributed by atoms with Gasteiger partial charge in [0.25, 0.3) is 0 Å². The Morgan fingerprint density at radius 3 is 2.69 bits per heavy atom. The highest BCUT2D eigenvalue weighted by atomic mass is 79.9. The fourth-order valence-electron chi connectivity index (χ4n) is 1.24. The Morgan fingerprint density at radius 2 is 2.12 bits per heavy atom. The molecule has 6 heteroatoms. The van der Waals surface area contributed by atoms with Crippen LogP contribution < -0.4 is 5.73 Å². The van der Waals surface area contributed by atoms with Crippen LogP contribution in [0.2, 0.25) is 0 Å². The van der Waals surface area contributed by atoms with Gasteiger partial charge in [0.15, 0.2) is 0 Å². The van der Waals surface area contributed by atoms with Crippen LogP contribution in [0.3, 0.4) is 0 Å². The Hall–Kier alpha value is -0.590. The van der Waals surface area contributed by atoms with Crippen molar-refractivity contribution in [2.45, 2.75) is 19.1 Å². The molecule has 4 nitrogen and oxygen atoms in total.